The van der Waals surface area contributed by atoms with Crippen LogP contribution in [0.3, 0.4) is 0 Å². The second-order valence-electron chi connectivity index (χ2n) is 7.47. The molecule has 9 heteroatoms. The van der Waals surface area contributed by atoms with E-state index in [1.165, 1.54) is 18.3 Å². The molecule has 0 unspecified atom stereocenters. The van der Waals surface area contributed by atoms with Gasteiger partial charge in [0.2, 0.25) is 0 Å². The molecule has 1 aliphatic heterocycles. The molecule has 1 aliphatic rings. The number of halogens is 4. The first-order valence-electron chi connectivity index (χ1n) is 9.87. The Labute approximate surface area is 182 Å². The Hall–Kier alpha value is -2.71. The van der Waals surface area contributed by atoms with Gasteiger partial charge in [-0.3, -0.25) is 9.97 Å². The van der Waals surface area contributed by atoms with E-state index in [4.69, 9.17) is 16.6 Å². The minimum Gasteiger partial charge on any atom is -0.396 e. The number of aliphatic hydroxyl groups excluding tert-OH is 1. The number of hydrogen-bond acceptors (Lipinski definition) is 5. The van der Waals surface area contributed by atoms with E-state index in [-0.39, 0.29) is 12.5 Å². The lowest BCUT2D eigenvalue weighted by atomic mass is 9.98. The normalized spacial score (nSPS) is 15.3. The fourth-order valence-corrected chi connectivity index (χ4v) is 3.87. The van der Waals surface area contributed by atoms with E-state index in [1.54, 1.807) is 18.5 Å². The van der Waals surface area contributed by atoms with Gasteiger partial charge in [0.05, 0.1) is 22.5 Å². The van der Waals surface area contributed by atoms with Gasteiger partial charge >= 0.3 is 6.18 Å². The van der Waals surface area contributed by atoms with Gasteiger partial charge in [0.25, 0.3) is 0 Å². The minimum absolute atomic E-state index is 0.171. The Balaban J connectivity index is 1.76. The fraction of sp³-hybridized carbons (Fsp3) is 0.318. The van der Waals surface area contributed by atoms with Crippen LogP contribution in [0.4, 0.5) is 19.0 Å². The Bertz CT molecular complexity index is 1050. The Morgan fingerprint density at radius 1 is 1.03 bits per heavy atom. The molecule has 1 saturated heterocycles. The van der Waals surface area contributed by atoms with Crippen LogP contribution in [0.25, 0.3) is 22.5 Å². The largest absolute Gasteiger partial charge is 0.416 e. The van der Waals surface area contributed by atoms with Crippen molar-refractivity contribution in [1.29, 1.82) is 0 Å². The Morgan fingerprint density at radius 3 is 2.35 bits per heavy atom. The third kappa shape index (κ3) is 4.65. The summed E-state index contributed by atoms with van der Waals surface area (Å²) in [5, 5.41) is 9.74. The Morgan fingerprint density at radius 2 is 1.74 bits per heavy atom. The van der Waals surface area contributed by atoms with Gasteiger partial charge < -0.3 is 10.0 Å². The lowest BCUT2D eigenvalue weighted by Gasteiger charge is -2.32. The van der Waals surface area contributed by atoms with Crippen molar-refractivity contribution in [2.75, 3.05) is 24.6 Å². The van der Waals surface area contributed by atoms with Gasteiger partial charge in [-0.25, -0.2) is 4.98 Å². The zero-order valence-electron chi connectivity index (χ0n) is 16.5. The van der Waals surface area contributed by atoms with Crippen LogP contribution in [0.5, 0.6) is 0 Å². The summed E-state index contributed by atoms with van der Waals surface area (Å²) >= 11 is 6.36. The van der Waals surface area contributed by atoms with E-state index in [9.17, 15) is 18.3 Å². The maximum atomic E-state index is 13.0. The number of benzene rings is 1. The fourth-order valence-electron chi connectivity index (χ4n) is 3.66. The predicted molar refractivity (Wildman–Crippen MR) is 113 cm³/mol. The summed E-state index contributed by atoms with van der Waals surface area (Å²) < 4.78 is 38.9. The molecule has 4 rings (SSSR count). The number of hydrogen-bond donors (Lipinski definition) is 1. The predicted octanol–water partition coefficient (Wildman–Crippen LogP) is 5.09. The number of pyridine rings is 1. The highest BCUT2D eigenvalue weighted by Gasteiger charge is 2.30. The van der Waals surface area contributed by atoms with Crippen molar-refractivity contribution in [2.45, 2.75) is 19.0 Å². The molecular weight excluding hydrogens is 429 g/mol. The molecule has 0 bridgehead atoms. The summed E-state index contributed by atoms with van der Waals surface area (Å²) in [5.74, 6) is 0.944. The number of anilines is 1. The number of aliphatic hydroxyl groups is 1. The topological polar surface area (TPSA) is 62.1 Å². The van der Waals surface area contributed by atoms with Crippen molar-refractivity contribution in [3.05, 3.63) is 59.5 Å². The Kier molecular flexibility index (Phi) is 6.11. The summed E-state index contributed by atoms with van der Waals surface area (Å²) in [6.07, 6.45) is 2.00. The molecule has 0 radical (unpaired) electrons. The summed E-state index contributed by atoms with van der Waals surface area (Å²) in [5.41, 5.74) is 1.31. The zero-order valence-corrected chi connectivity index (χ0v) is 17.2. The number of piperidine rings is 1. The first-order valence-corrected chi connectivity index (χ1v) is 10.2. The number of aromatic nitrogens is 3. The molecule has 0 amide bonds. The van der Waals surface area contributed by atoms with Crippen molar-refractivity contribution in [1.82, 2.24) is 15.0 Å². The van der Waals surface area contributed by atoms with Crippen LogP contribution >= 0.6 is 11.6 Å². The van der Waals surface area contributed by atoms with Crippen molar-refractivity contribution in [2.24, 2.45) is 5.92 Å². The van der Waals surface area contributed by atoms with Gasteiger partial charge in [-0.1, -0.05) is 23.7 Å². The maximum Gasteiger partial charge on any atom is 0.416 e. The van der Waals surface area contributed by atoms with E-state index < -0.39 is 11.7 Å². The van der Waals surface area contributed by atoms with Gasteiger partial charge in [0, 0.05) is 43.2 Å². The van der Waals surface area contributed by atoms with Crippen molar-refractivity contribution < 1.29 is 18.3 Å². The van der Waals surface area contributed by atoms with Gasteiger partial charge in [0.15, 0.2) is 0 Å². The molecule has 1 aromatic carbocycles. The van der Waals surface area contributed by atoms with Crippen molar-refractivity contribution >= 4 is 17.4 Å². The highest BCUT2D eigenvalue weighted by molar-refractivity contribution is 6.33. The van der Waals surface area contributed by atoms with Gasteiger partial charge in [-0.05, 0) is 37.0 Å². The molecule has 0 spiro atoms. The van der Waals surface area contributed by atoms with Gasteiger partial charge in [-0.15, -0.1) is 0 Å². The molecule has 31 heavy (non-hydrogen) atoms. The van der Waals surface area contributed by atoms with Crippen LogP contribution in [0.15, 0.2) is 48.9 Å². The first kappa shape index (κ1) is 21.5. The first-order chi connectivity index (χ1) is 14.9. The number of alkyl halides is 3. The second-order valence-corrected chi connectivity index (χ2v) is 7.88. The highest BCUT2D eigenvalue weighted by Crippen LogP contribution is 2.36. The lowest BCUT2D eigenvalue weighted by molar-refractivity contribution is -0.137. The minimum atomic E-state index is -4.41. The molecule has 1 N–H and O–H groups in total. The van der Waals surface area contributed by atoms with Crippen LogP contribution in [-0.2, 0) is 6.18 Å². The van der Waals surface area contributed by atoms with E-state index in [0.717, 1.165) is 38.1 Å². The maximum absolute atomic E-state index is 13.0. The average Bonchev–Trinajstić information content (AvgIpc) is 2.79. The molecule has 5 nitrogen and oxygen atoms in total. The molecular formula is C22H20ClF3N4O. The third-order valence-electron chi connectivity index (χ3n) is 5.47. The molecule has 162 valence electrons. The zero-order chi connectivity index (χ0) is 22.0. The molecule has 0 saturated carbocycles. The standard InChI is InChI=1S/C22H20ClF3N4O/c23-18-11-27-8-5-17(18)21-20(15-1-3-16(4-2-15)22(24,25)26)28-12-19(29-21)30-9-6-14(13-31)7-10-30/h1-5,8,11-12,14,31H,6-7,9-10,13H2. The molecule has 0 atom stereocenters. The molecule has 0 aliphatic carbocycles. The van der Waals surface area contributed by atoms with E-state index >= 15 is 0 Å². The van der Waals surface area contributed by atoms with Gasteiger partial charge in [-0.2, -0.15) is 13.2 Å². The average molecular weight is 449 g/mol. The van der Waals surface area contributed by atoms with Crippen LogP contribution in [-0.4, -0.2) is 39.8 Å². The van der Waals surface area contributed by atoms with E-state index in [2.05, 4.69) is 14.9 Å². The molecule has 2 aromatic heterocycles. The van der Waals surface area contributed by atoms with Gasteiger partial charge in [0.1, 0.15) is 11.5 Å². The second kappa shape index (κ2) is 8.80. The van der Waals surface area contributed by atoms with Crippen LogP contribution in [0, 0.1) is 5.92 Å². The van der Waals surface area contributed by atoms with Crippen molar-refractivity contribution in [3.8, 4) is 22.5 Å². The number of nitrogens with zero attached hydrogens (tertiary/aromatic N) is 4. The van der Waals surface area contributed by atoms with E-state index in [1.807, 2.05) is 0 Å². The molecule has 3 aromatic rings. The third-order valence-corrected chi connectivity index (χ3v) is 5.77. The van der Waals surface area contributed by atoms with Crippen LogP contribution < -0.4 is 4.90 Å². The van der Waals surface area contributed by atoms with E-state index in [0.29, 0.717) is 33.4 Å². The monoisotopic (exact) mass is 448 g/mol. The molecule has 1 fully saturated rings. The smallest absolute Gasteiger partial charge is 0.396 e. The molecule has 3 heterocycles. The quantitative estimate of drug-likeness (QED) is 0.602. The van der Waals surface area contributed by atoms with Crippen LogP contribution in [0.2, 0.25) is 5.02 Å². The summed E-state index contributed by atoms with van der Waals surface area (Å²) in [6, 6.07) is 6.54. The lowest BCUT2D eigenvalue weighted by Crippen LogP contribution is -2.35. The summed E-state index contributed by atoms with van der Waals surface area (Å²) in [4.78, 5) is 15.4. The summed E-state index contributed by atoms with van der Waals surface area (Å²) in [7, 11) is 0. The van der Waals surface area contributed by atoms with Crippen LogP contribution in [0.1, 0.15) is 18.4 Å². The van der Waals surface area contributed by atoms with Crippen molar-refractivity contribution in [3.63, 3.8) is 0 Å². The highest BCUT2D eigenvalue weighted by atomic mass is 35.5. The SMILES string of the molecule is OCC1CCN(c2cnc(-c3ccc(C(F)(F)F)cc3)c(-c3ccncc3Cl)n2)CC1. The summed E-state index contributed by atoms with van der Waals surface area (Å²) in [6.45, 7) is 1.65. The number of rotatable bonds is 4.